The standard InChI is InChI=1S/C21H17BrN4O2S2/c1-9-7-10(2)25-21-14(9)16(23)17(30-21)19(28)26-20-15(18(24)27)13(8-29-20)11-3-5-12(22)6-4-11/h3-8H,23H2,1-2H3,(H2,24,27)(H,26,28). The molecular formula is C21H17BrN4O2S2. The fraction of sp³-hybridized carbons (Fsp3) is 0.0952. The van der Waals surface area contributed by atoms with Crippen LogP contribution in [0.2, 0.25) is 0 Å². The second-order valence-corrected chi connectivity index (χ2v) is 9.58. The number of benzene rings is 1. The third kappa shape index (κ3) is 3.60. The molecule has 0 spiro atoms. The predicted octanol–water partition coefficient (Wildman–Crippen LogP) is 5.34. The summed E-state index contributed by atoms with van der Waals surface area (Å²) in [6, 6.07) is 9.45. The number of aryl methyl sites for hydroxylation is 2. The van der Waals surface area contributed by atoms with Crippen LogP contribution in [0.25, 0.3) is 21.3 Å². The number of pyridine rings is 1. The third-order valence-corrected chi connectivity index (χ3v) is 7.17. The molecule has 4 aromatic rings. The van der Waals surface area contributed by atoms with Gasteiger partial charge in [-0.25, -0.2) is 4.98 Å². The average Bonchev–Trinajstić information content (AvgIpc) is 3.23. The van der Waals surface area contributed by atoms with Crippen LogP contribution >= 0.6 is 38.6 Å². The number of thiophene rings is 2. The Morgan fingerprint density at radius 1 is 1.17 bits per heavy atom. The summed E-state index contributed by atoms with van der Waals surface area (Å²) >= 11 is 5.88. The van der Waals surface area contributed by atoms with Gasteiger partial charge in [0.2, 0.25) is 0 Å². The molecule has 0 aliphatic rings. The zero-order valence-corrected chi connectivity index (χ0v) is 19.3. The lowest BCUT2D eigenvalue weighted by molar-refractivity contribution is 0.100. The van der Waals surface area contributed by atoms with E-state index in [1.807, 2.05) is 49.6 Å². The molecule has 4 rings (SSSR count). The number of nitrogens with one attached hydrogen (secondary N) is 1. The highest BCUT2D eigenvalue weighted by molar-refractivity contribution is 9.10. The van der Waals surface area contributed by atoms with E-state index >= 15 is 0 Å². The van der Waals surface area contributed by atoms with Gasteiger partial charge in [0.15, 0.2) is 0 Å². The van der Waals surface area contributed by atoms with Gasteiger partial charge in [-0.3, -0.25) is 9.59 Å². The van der Waals surface area contributed by atoms with Crippen LogP contribution in [0.5, 0.6) is 0 Å². The van der Waals surface area contributed by atoms with Crippen LogP contribution in [0.4, 0.5) is 10.7 Å². The number of aromatic nitrogens is 1. The summed E-state index contributed by atoms with van der Waals surface area (Å²) in [6.07, 6.45) is 0. The van der Waals surface area contributed by atoms with E-state index in [9.17, 15) is 9.59 Å². The number of nitrogens with zero attached hydrogens (tertiary/aromatic N) is 1. The maximum Gasteiger partial charge on any atom is 0.268 e. The second kappa shape index (κ2) is 7.82. The molecule has 5 N–H and O–H groups in total. The highest BCUT2D eigenvalue weighted by atomic mass is 79.9. The van der Waals surface area contributed by atoms with Crippen LogP contribution in [-0.2, 0) is 0 Å². The number of anilines is 2. The van der Waals surface area contributed by atoms with Gasteiger partial charge in [-0.2, -0.15) is 0 Å². The van der Waals surface area contributed by atoms with Crippen molar-refractivity contribution >= 4 is 71.3 Å². The molecule has 0 aliphatic heterocycles. The van der Waals surface area contributed by atoms with Gasteiger partial charge in [0.05, 0.1) is 11.3 Å². The van der Waals surface area contributed by atoms with Gasteiger partial charge < -0.3 is 16.8 Å². The number of fused-ring (bicyclic) bond motifs is 1. The van der Waals surface area contributed by atoms with Crippen LogP contribution in [0.1, 0.15) is 31.3 Å². The molecule has 0 atom stereocenters. The number of amides is 2. The number of nitrogen functional groups attached to an aromatic ring is 1. The Bertz CT molecular complexity index is 1310. The normalized spacial score (nSPS) is 11.0. The second-order valence-electron chi connectivity index (χ2n) is 6.78. The van der Waals surface area contributed by atoms with Crippen LogP contribution in [0.15, 0.2) is 40.2 Å². The zero-order valence-electron chi connectivity index (χ0n) is 16.1. The Balaban J connectivity index is 1.73. The number of primary amides is 1. The lowest BCUT2D eigenvalue weighted by Crippen LogP contribution is -2.17. The van der Waals surface area contributed by atoms with Crippen molar-refractivity contribution in [2.24, 2.45) is 5.73 Å². The molecule has 1 aromatic carbocycles. The first-order chi connectivity index (χ1) is 14.3. The number of nitrogens with two attached hydrogens (primary N) is 2. The molecular weight excluding hydrogens is 484 g/mol. The highest BCUT2D eigenvalue weighted by Crippen LogP contribution is 2.38. The molecule has 0 radical (unpaired) electrons. The minimum absolute atomic E-state index is 0.278. The summed E-state index contributed by atoms with van der Waals surface area (Å²) in [4.78, 5) is 30.8. The van der Waals surface area contributed by atoms with E-state index in [-0.39, 0.29) is 11.5 Å². The van der Waals surface area contributed by atoms with Crippen molar-refractivity contribution in [3.63, 3.8) is 0 Å². The Morgan fingerprint density at radius 3 is 2.53 bits per heavy atom. The van der Waals surface area contributed by atoms with E-state index in [1.54, 1.807) is 0 Å². The van der Waals surface area contributed by atoms with E-state index in [2.05, 4.69) is 26.2 Å². The molecule has 0 aliphatic carbocycles. The van der Waals surface area contributed by atoms with E-state index in [4.69, 9.17) is 11.5 Å². The minimum Gasteiger partial charge on any atom is -0.397 e. The van der Waals surface area contributed by atoms with Gasteiger partial charge in [0.1, 0.15) is 14.7 Å². The molecule has 0 bridgehead atoms. The first-order valence-corrected chi connectivity index (χ1v) is 11.4. The van der Waals surface area contributed by atoms with E-state index < -0.39 is 5.91 Å². The summed E-state index contributed by atoms with van der Waals surface area (Å²) < 4.78 is 0.926. The molecule has 0 saturated carbocycles. The molecule has 30 heavy (non-hydrogen) atoms. The Morgan fingerprint density at radius 2 is 1.87 bits per heavy atom. The molecule has 0 unspecified atom stereocenters. The van der Waals surface area contributed by atoms with Gasteiger partial charge in [-0.05, 0) is 43.2 Å². The van der Waals surface area contributed by atoms with Crippen molar-refractivity contribution in [1.82, 2.24) is 4.98 Å². The maximum atomic E-state index is 13.0. The average molecular weight is 501 g/mol. The summed E-state index contributed by atoms with van der Waals surface area (Å²) in [7, 11) is 0. The van der Waals surface area contributed by atoms with Crippen molar-refractivity contribution in [3.8, 4) is 11.1 Å². The molecule has 3 aromatic heterocycles. The lowest BCUT2D eigenvalue weighted by atomic mass is 10.0. The predicted molar refractivity (Wildman–Crippen MR) is 127 cm³/mol. The number of carbonyl (C=O) groups is 2. The molecule has 152 valence electrons. The fourth-order valence-electron chi connectivity index (χ4n) is 3.33. The third-order valence-electron chi connectivity index (χ3n) is 4.65. The number of hydrogen-bond donors (Lipinski definition) is 3. The largest absolute Gasteiger partial charge is 0.397 e. The molecule has 6 nitrogen and oxygen atoms in total. The fourth-order valence-corrected chi connectivity index (χ4v) is 5.68. The van der Waals surface area contributed by atoms with Crippen LogP contribution in [0.3, 0.4) is 0 Å². The minimum atomic E-state index is -0.609. The summed E-state index contributed by atoms with van der Waals surface area (Å²) in [5, 5.41) is 5.80. The Kier molecular flexibility index (Phi) is 5.35. The van der Waals surface area contributed by atoms with Gasteiger partial charge >= 0.3 is 0 Å². The maximum absolute atomic E-state index is 13.0. The van der Waals surface area contributed by atoms with Crippen molar-refractivity contribution in [2.45, 2.75) is 13.8 Å². The summed E-state index contributed by atoms with van der Waals surface area (Å²) in [5.41, 5.74) is 15.9. The molecule has 2 amide bonds. The summed E-state index contributed by atoms with van der Waals surface area (Å²) in [5.74, 6) is -0.999. The number of carbonyl (C=O) groups excluding carboxylic acids is 2. The van der Waals surface area contributed by atoms with Crippen molar-refractivity contribution in [2.75, 3.05) is 11.1 Å². The van der Waals surface area contributed by atoms with E-state index in [0.717, 1.165) is 26.7 Å². The SMILES string of the molecule is Cc1cc(C)c2c(N)c(C(=O)Nc3scc(-c4ccc(Br)cc4)c3C(N)=O)sc2n1. The summed E-state index contributed by atoms with van der Waals surface area (Å²) in [6.45, 7) is 3.84. The van der Waals surface area contributed by atoms with Crippen LogP contribution in [-0.4, -0.2) is 16.8 Å². The van der Waals surface area contributed by atoms with Gasteiger partial charge in [0.25, 0.3) is 11.8 Å². The quantitative estimate of drug-likeness (QED) is 0.351. The van der Waals surface area contributed by atoms with Crippen molar-refractivity contribution in [3.05, 3.63) is 61.9 Å². The number of halogens is 1. The van der Waals surface area contributed by atoms with Crippen molar-refractivity contribution < 1.29 is 9.59 Å². The van der Waals surface area contributed by atoms with Gasteiger partial charge in [-0.15, -0.1) is 22.7 Å². The number of rotatable bonds is 4. The molecule has 0 fully saturated rings. The topological polar surface area (TPSA) is 111 Å². The van der Waals surface area contributed by atoms with Crippen LogP contribution in [0, 0.1) is 13.8 Å². The monoisotopic (exact) mass is 500 g/mol. The van der Waals surface area contributed by atoms with E-state index in [0.29, 0.717) is 26.0 Å². The first kappa shape index (κ1) is 20.5. The first-order valence-electron chi connectivity index (χ1n) is 8.91. The molecule has 0 saturated heterocycles. The Labute approximate surface area is 189 Å². The van der Waals surface area contributed by atoms with Crippen molar-refractivity contribution in [1.29, 1.82) is 0 Å². The Hall–Kier alpha value is -2.75. The van der Waals surface area contributed by atoms with E-state index in [1.165, 1.54) is 22.7 Å². The van der Waals surface area contributed by atoms with Gasteiger partial charge in [0, 0.05) is 26.5 Å². The molecule has 9 heteroatoms. The lowest BCUT2D eigenvalue weighted by Gasteiger charge is -2.06. The highest BCUT2D eigenvalue weighted by Gasteiger charge is 2.23. The molecule has 3 heterocycles. The zero-order chi connectivity index (χ0) is 21.6. The van der Waals surface area contributed by atoms with Gasteiger partial charge in [-0.1, -0.05) is 28.1 Å². The van der Waals surface area contributed by atoms with Crippen LogP contribution < -0.4 is 16.8 Å². The smallest absolute Gasteiger partial charge is 0.268 e. The number of hydrogen-bond acceptors (Lipinski definition) is 6.